The Hall–Kier alpha value is -3.13. The summed E-state index contributed by atoms with van der Waals surface area (Å²) in [5.41, 5.74) is 3.25. The lowest BCUT2D eigenvalue weighted by molar-refractivity contribution is -0.142. The van der Waals surface area contributed by atoms with Gasteiger partial charge in [0.1, 0.15) is 5.15 Å². The molecule has 8 nitrogen and oxygen atoms in total. The molecule has 0 saturated heterocycles. The molecule has 0 spiro atoms. The number of carbonyl (C=O) groups is 2. The highest BCUT2D eigenvalue weighted by Crippen LogP contribution is 2.28. The van der Waals surface area contributed by atoms with Crippen molar-refractivity contribution in [2.75, 3.05) is 20.3 Å². The number of benzene rings is 1. The van der Waals surface area contributed by atoms with Gasteiger partial charge in [-0.2, -0.15) is 5.10 Å². The number of halogens is 1. The van der Waals surface area contributed by atoms with Crippen LogP contribution in [0.2, 0.25) is 5.15 Å². The Bertz CT molecular complexity index is 841. The van der Waals surface area contributed by atoms with Crippen molar-refractivity contribution < 1.29 is 23.8 Å². The first-order chi connectivity index (χ1) is 13.0. The number of nitrogens with one attached hydrogen (secondary N) is 1. The molecule has 1 aromatic heterocycles. The number of hydrogen-bond acceptors (Lipinski definition) is 7. The summed E-state index contributed by atoms with van der Waals surface area (Å²) in [5.74, 6) is -0.148. The van der Waals surface area contributed by atoms with E-state index < -0.39 is 11.9 Å². The van der Waals surface area contributed by atoms with Crippen molar-refractivity contribution in [1.82, 2.24) is 10.4 Å². The minimum absolute atomic E-state index is 0.0935. The summed E-state index contributed by atoms with van der Waals surface area (Å²) in [6.45, 7) is 2.00. The molecule has 0 unspecified atom stereocenters. The molecule has 1 heterocycles. The van der Waals surface area contributed by atoms with E-state index in [9.17, 15) is 9.59 Å². The Labute approximate surface area is 161 Å². The normalized spacial score (nSPS) is 10.5. The molecule has 2 rings (SSSR count). The van der Waals surface area contributed by atoms with Gasteiger partial charge in [0, 0.05) is 6.20 Å². The molecule has 0 aliphatic rings. The predicted octanol–water partition coefficient (Wildman–Crippen LogP) is 2.45. The van der Waals surface area contributed by atoms with Crippen molar-refractivity contribution >= 4 is 29.7 Å². The third-order valence-electron chi connectivity index (χ3n) is 3.22. The van der Waals surface area contributed by atoms with Gasteiger partial charge in [0.2, 0.25) is 0 Å². The molecule has 1 aromatic carbocycles. The van der Waals surface area contributed by atoms with Gasteiger partial charge >= 0.3 is 5.97 Å². The molecule has 9 heteroatoms. The van der Waals surface area contributed by atoms with Gasteiger partial charge in [-0.1, -0.05) is 11.6 Å². The maximum atomic E-state index is 12.0. The van der Waals surface area contributed by atoms with Crippen molar-refractivity contribution in [1.29, 1.82) is 0 Å². The van der Waals surface area contributed by atoms with Crippen LogP contribution in [0.3, 0.4) is 0 Å². The van der Waals surface area contributed by atoms with Gasteiger partial charge in [0.15, 0.2) is 18.1 Å². The van der Waals surface area contributed by atoms with E-state index in [0.717, 1.165) is 0 Å². The van der Waals surface area contributed by atoms with Gasteiger partial charge in [0.05, 0.1) is 25.5 Å². The van der Waals surface area contributed by atoms with Gasteiger partial charge in [-0.25, -0.2) is 15.2 Å². The number of pyridine rings is 1. The zero-order valence-electron chi connectivity index (χ0n) is 14.8. The Morgan fingerprint density at radius 2 is 2.07 bits per heavy atom. The third kappa shape index (κ3) is 5.96. The molecule has 0 bridgehead atoms. The summed E-state index contributed by atoms with van der Waals surface area (Å²) < 4.78 is 15.4. The van der Waals surface area contributed by atoms with Gasteiger partial charge in [0.25, 0.3) is 5.91 Å². The second-order valence-electron chi connectivity index (χ2n) is 5.04. The predicted molar refractivity (Wildman–Crippen MR) is 99.4 cm³/mol. The Morgan fingerprint density at radius 1 is 1.26 bits per heavy atom. The molecule has 0 fully saturated rings. The van der Waals surface area contributed by atoms with Gasteiger partial charge in [-0.05, 0) is 42.8 Å². The molecule has 0 saturated carbocycles. The number of esters is 1. The fraction of sp³-hybridized carbons (Fsp3) is 0.222. The maximum Gasteiger partial charge on any atom is 0.343 e. The van der Waals surface area contributed by atoms with Gasteiger partial charge in [-0.3, -0.25) is 4.79 Å². The molecule has 2 aromatic rings. The summed E-state index contributed by atoms with van der Waals surface area (Å²) in [5, 5.41) is 3.99. The maximum absolute atomic E-state index is 12.0. The lowest BCUT2D eigenvalue weighted by atomic mass is 10.2. The minimum Gasteiger partial charge on any atom is -0.490 e. The Morgan fingerprint density at radius 3 is 2.78 bits per heavy atom. The highest BCUT2D eigenvalue weighted by molar-refractivity contribution is 6.32. The number of aromatic nitrogens is 1. The van der Waals surface area contributed by atoms with E-state index in [1.807, 2.05) is 6.92 Å². The lowest BCUT2D eigenvalue weighted by Crippen LogP contribution is -2.18. The SMILES string of the molecule is CCOc1cc(C=NNC(=O)c2cccnc2Cl)ccc1OCC(=O)OC. The number of hydrazone groups is 1. The highest BCUT2D eigenvalue weighted by Gasteiger charge is 2.10. The van der Waals surface area contributed by atoms with Crippen LogP contribution < -0.4 is 14.9 Å². The number of hydrogen-bond donors (Lipinski definition) is 1. The molecular formula is C18H18ClN3O5. The Balaban J connectivity index is 2.06. The molecule has 0 radical (unpaired) electrons. The van der Waals surface area contributed by atoms with Crippen LogP contribution in [0.5, 0.6) is 11.5 Å². The van der Waals surface area contributed by atoms with E-state index in [0.29, 0.717) is 23.7 Å². The fourth-order valence-electron chi connectivity index (χ4n) is 1.97. The molecule has 1 N–H and O–H groups in total. The van der Waals surface area contributed by atoms with Crippen molar-refractivity contribution in [2.24, 2.45) is 5.10 Å². The van der Waals surface area contributed by atoms with Crippen LogP contribution in [0.25, 0.3) is 0 Å². The van der Waals surface area contributed by atoms with Gasteiger partial charge in [-0.15, -0.1) is 0 Å². The first-order valence-electron chi connectivity index (χ1n) is 7.95. The van der Waals surface area contributed by atoms with E-state index in [1.165, 1.54) is 19.5 Å². The summed E-state index contributed by atoms with van der Waals surface area (Å²) in [6.07, 6.45) is 2.93. The van der Waals surface area contributed by atoms with E-state index in [4.69, 9.17) is 21.1 Å². The van der Waals surface area contributed by atoms with E-state index in [2.05, 4.69) is 20.2 Å². The summed E-state index contributed by atoms with van der Waals surface area (Å²) in [7, 11) is 1.28. The zero-order chi connectivity index (χ0) is 19.6. The van der Waals surface area contributed by atoms with Crippen LogP contribution in [0.4, 0.5) is 0 Å². The van der Waals surface area contributed by atoms with E-state index >= 15 is 0 Å². The minimum atomic E-state index is -0.500. The second-order valence-corrected chi connectivity index (χ2v) is 5.40. The van der Waals surface area contributed by atoms with Crippen LogP contribution >= 0.6 is 11.6 Å². The molecule has 142 valence electrons. The first-order valence-corrected chi connectivity index (χ1v) is 8.33. The first kappa shape index (κ1) is 20.2. The van der Waals surface area contributed by atoms with Crippen molar-refractivity contribution in [3.05, 3.63) is 52.8 Å². The van der Waals surface area contributed by atoms with E-state index in [-0.39, 0.29) is 17.3 Å². The average molecular weight is 392 g/mol. The number of rotatable bonds is 8. The number of amides is 1. The molecular weight excluding hydrogens is 374 g/mol. The second kappa shape index (κ2) is 10.1. The monoisotopic (exact) mass is 391 g/mol. The largest absolute Gasteiger partial charge is 0.490 e. The topological polar surface area (TPSA) is 99.1 Å². The highest BCUT2D eigenvalue weighted by atomic mass is 35.5. The number of carbonyl (C=O) groups excluding carboxylic acids is 2. The number of methoxy groups -OCH3 is 1. The van der Waals surface area contributed by atoms with Crippen LogP contribution in [-0.2, 0) is 9.53 Å². The van der Waals surface area contributed by atoms with Crippen LogP contribution in [0, 0.1) is 0 Å². The standard InChI is InChI=1S/C18H18ClN3O5/c1-3-26-15-9-12(6-7-14(15)27-11-16(23)25-2)10-21-22-18(24)13-5-4-8-20-17(13)19/h4-10H,3,11H2,1-2H3,(H,22,24). The molecule has 0 aliphatic carbocycles. The number of nitrogens with zero attached hydrogens (tertiary/aromatic N) is 2. The fourth-order valence-corrected chi connectivity index (χ4v) is 2.17. The molecule has 1 amide bonds. The molecule has 0 atom stereocenters. The smallest absolute Gasteiger partial charge is 0.343 e. The van der Waals surface area contributed by atoms with Crippen molar-refractivity contribution in [3.8, 4) is 11.5 Å². The molecule has 27 heavy (non-hydrogen) atoms. The zero-order valence-corrected chi connectivity index (χ0v) is 15.5. The van der Waals surface area contributed by atoms with Crippen LogP contribution in [0.1, 0.15) is 22.8 Å². The summed E-state index contributed by atoms with van der Waals surface area (Å²) in [6, 6.07) is 8.15. The third-order valence-corrected chi connectivity index (χ3v) is 3.53. The number of ether oxygens (including phenoxy) is 3. The lowest BCUT2D eigenvalue weighted by Gasteiger charge is -2.11. The van der Waals surface area contributed by atoms with Crippen molar-refractivity contribution in [3.63, 3.8) is 0 Å². The molecule has 0 aliphatic heterocycles. The summed E-state index contributed by atoms with van der Waals surface area (Å²) >= 11 is 5.86. The van der Waals surface area contributed by atoms with Crippen LogP contribution in [0.15, 0.2) is 41.6 Å². The van der Waals surface area contributed by atoms with Gasteiger partial charge < -0.3 is 14.2 Å². The summed E-state index contributed by atoms with van der Waals surface area (Å²) in [4.78, 5) is 27.1. The van der Waals surface area contributed by atoms with Crippen LogP contribution in [-0.4, -0.2) is 43.4 Å². The quantitative estimate of drug-likeness (QED) is 0.321. The van der Waals surface area contributed by atoms with E-state index in [1.54, 1.807) is 30.3 Å². The average Bonchev–Trinajstić information content (AvgIpc) is 2.67. The van der Waals surface area contributed by atoms with Crippen molar-refractivity contribution in [2.45, 2.75) is 6.92 Å². The Kier molecular flexibility index (Phi) is 7.57.